The molecule has 0 bridgehead atoms. The smallest absolute Gasteiger partial charge is 0.272 e. The molecule has 0 saturated heterocycles. The fourth-order valence-electron chi connectivity index (χ4n) is 3.52. The summed E-state index contributed by atoms with van der Waals surface area (Å²) in [7, 11) is 0. The van der Waals surface area contributed by atoms with Gasteiger partial charge in [0.15, 0.2) is 5.69 Å². The summed E-state index contributed by atoms with van der Waals surface area (Å²) >= 11 is 0. The van der Waals surface area contributed by atoms with Crippen LogP contribution in [0.4, 0.5) is 4.39 Å². The molecule has 2 aliphatic carbocycles. The van der Waals surface area contributed by atoms with E-state index >= 15 is 0 Å². The second-order valence-corrected chi connectivity index (χ2v) is 7.33. The van der Waals surface area contributed by atoms with Crippen LogP contribution in [0.25, 0.3) is 5.69 Å². The molecule has 0 atom stereocenters. The lowest BCUT2D eigenvalue weighted by Gasteiger charge is -2.12. The Bertz CT molecular complexity index is 839. The third kappa shape index (κ3) is 2.84. The number of halogens is 1. The molecule has 0 aliphatic heterocycles. The van der Waals surface area contributed by atoms with E-state index in [-0.39, 0.29) is 23.7 Å². The highest BCUT2D eigenvalue weighted by Crippen LogP contribution is 2.44. The molecule has 0 spiro atoms. The topological polar surface area (TPSA) is 67.2 Å². The summed E-state index contributed by atoms with van der Waals surface area (Å²) in [5.74, 6) is -0.564. The van der Waals surface area contributed by atoms with Crippen LogP contribution in [-0.2, 0) is 12.8 Å². The summed E-state index contributed by atoms with van der Waals surface area (Å²) in [6.45, 7) is 2.39. The molecule has 1 fully saturated rings. The minimum Gasteiger partial charge on any atom is -0.396 e. The van der Waals surface area contributed by atoms with Gasteiger partial charge in [-0.1, -0.05) is 6.07 Å². The minimum absolute atomic E-state index is 0.0917. The van der Waals surface area contributed by atoms with Crippen molar-refractivity contribution in [3.8, 4) is 5.69 Å². The maximum atomic E-state index is 14.4. The first kappa shape index (κ1) is 16.3. The van der Waals surface area contributed by atoms with Crippen LogP contribution >= 0.6 is 0 Å². The Balaban J connectivity index is 1.64. The van der Waals surface area contributed by atoms with E-state index in [0.717, 1.165) is 48.9 Å². The predicted molar refractivity (Wildman–Crippen MR) is 91.4 cm³/mol. The van der Waals surface area contributed by atoms with Gasteiger partial charge in [0.05, 0.1) is 6.61 Å². The van der Waals surface area contributed by atoms with Crippen molar-refractivity contribution in [1.82, 2.24) is 15.1 Å². The zero-order valence-corrected chi connectivity index (χ0v) is 14.3. The quantitative estimate of drug-likeness (QED) is 0.875. The molecule has 6 heteroatoms. The van der Waals surface area contributed by atoms with Crippen molar-refractivity contribution in [3.05, 3.63) is 46.5 Å². The molecule has 0 radical (unpaired) electrons. The first-order valence-corrected chi connectivity index (χ1v) is 8.79. The van der Waals surface area contributed by atoms with E-state index in [1.807, 2.05) is 13.0 Å². The van der Waals surface area contributed by atoms with Gasteiger partial charge >= 0.3 is 0 Å². The first-order valence-electron chi connectivity index (χ1n) is 8.79. The molecule has 2 N–H and O–H groups in total. The normalized spacial score (nSPS) is 17.4. The van der Waals surface area contributed by atoms with Gasteiger partial charge in [-0.3, -0.25) is 4.79 Å². The Hall–Kier alpha value is -2.21. The van der Waals surface area contributed by atoms with Crippen LogP contribution in [0.3, 0.4) is 0 Å². The number of amides is 1. The molecule has 0 unspecified atom stereocenters. The van der Waals surface area contributed by atoms with E-state index in [1.54, 1.807) is 10.7 Å². The number of carbonyl (C=O) groups excluding carboxylic acids is 1. The maximum Gasteiger partial charge on any atom is 0.272 e. The zero-order valence-electron chi connectivity index (χ0n) is 14.3. The first-order chi connectivity index (χ1) is 12.0. The van der Waals surface area contributed by atoms with Crippen LogP contribution in [0, 0.1) is 18.2 Å². The van der Waals surface area contributed by atoms with Crippen LogP contribution in [-0.4, -0.2) is 33.9 Å². The lowest BCUT2D eigenvalue weighted by Crippen LogP contribution is -2.32. The second kappa shape index (κ2) is 5.95. The van der Waals surface area contributed by atoms with E-state index < -0.39 is 0 Å². The Morgan fingerprint density at radius 1 is 1.40 bits per heavy atom. The van der Waals surface area contributed by atoms with Gasteiger partial charge in [-0.15, -0.1) is 0 Å². The van der Waals surface area contributed by atoms with Gasteiger partial charge in [0.1, 0.15) is 11.5 Å². The number of hydrogen-bond donors (Lipinski definition) is 2. The SMILES string of the molecule is Cc1ccc(-n2nc(C(=O)NCC3(CO)CC3)c3c2CCC3)c(F)c1. The predicted octanol–water partition coefficient (Wildman–Crippen LogP) is 2.31. The maximum absolute atomic E-state index is 14.4. The number of aromatic nitrogens is 2. The third-order valence-electron chi connectivity index (χ3n) is 5.39. The number of benzene rings is 1. The number of nitrogens with zero attached hydrogens (tertiary/aromatic N) is 2. The Morgan fingerprint density at radius 3 is 2.88 bits per heavy atom. The fourth-order valence-corrected chi connectivity index (χ4v) is 3.52. The minimum atomic E-state index is -0.332. The summed E-state index contributed by atoms with van der Waals surface area (Å²) in [5, 5.41) is 16.7. The van der Waals surface area contributed by atoms with Crippen molar-refractivity contribution >= 4 is 5.91 Å². The van der Waals surface area contributed by atoms with Crippen molar-refractivity contribution < 1.29 is 14.3 Å². The highest BCUT2D eigenvalue weighted by atomic mass is 19.1. The average Bonchev–Trinajstić information content (AvgIpc) is 3.06. The van der Waals surface area contributed by atoms with Gasteiger partial charge in [-0.2, -0.15) is 5.10 Å². The zero-order chi connectivity index (χ0) is 17.6. The van der Waals surface area contributed by atoms with Gasteiger partial charge < -0.3 is 10.4 Å². The molecular weight excluding hydrogens is 321 g/mol. The van der Waals surface area contributed by atoms with Crippen LogP contribution in [0.5, 0.6) is 0 Å². The largest absolute Gasteiger partial charge is 0.396 e. The monoisotopic (exact) mass is 343 g/mol. The summed E-state index contributed by atoms with van der Waals surface area (Å²) in [4.78, 5) is 12.6. The highest BCUT2D eigenvalue weighted by Gasteiger charge is 2.42. The second-order valence-electron chi connectivity index (χ2n) is 7.33. The average molecular weight is 343 g/mol. The van der Waals surface area contributed by atoms with Gasteiger partial charge in [0.2, 0.25) is 0 Å². The fraction of sp³-hybridized carbons (Fsp3) is 0.474. The standard InChI is InChI=1S/C19H22FN3O2/c1-12-5-6-16(14(20)9-12)23-15-4-2-3-13(15)17(22-23)18(25)21-10-19(11-24)7-8-19/h5-6,9,24H,2-4,7-8,10-11H2,1H3,(H,21,25). The number of aliphatic hydroxyl groups is 1. The van der Waals surface area contributed by atoms with Crippen LogP contribution in [0.15, 0.2) is 18.2 Å². The molecule has 1 aromatic carbocycles. The summed E-state index contributed by atoms with van der Waals surface area (Å²) < 4.78 is 16.0. The molecule has 1 heterocycles. The summed E-state index contributed by atoms with van der Waals surface area (Å²) in [6, 6.07) is 5.04. The Morgan fingerprint density at radius 2 is 2.20 bits per heavy atom. The Labute approximate surface area is 145 Å². The van der Waals surface area contributed by atoms with E-state index in [9.17, 15) is 14.3 Å². The van der Waals surface area contributed by atoms with Crippen molar-refractivity contribution in [2.24, 2.45) is 5.41 Å². The number of aliphatic hydroxyl groups excluding tert-OH is 1. The molecule has 1 aromatic heterocycles. The van der Waals surface area contributed by atoms with Gasteiger partial charge in [-0.05, 0) is 56.7 Å². The lowest BCUT2D eigenvalue weighted by atomic mass is 10.1. The summed E-state index contributed by atoms with van der Waals surface area (Å²) in [5.41, 5.74) is 3.33. The van der Waals surface area contributed by atoms with Gasteiger partial charge in [0, 0.05) is 23.2 Å². The van der Waals surface area contributed by atoms with Crippen LogP contribution < -0.4 is 5.32 Å². The molecule has 4 rings (SSSR count). The molecule has 1 amide bonds. The van der Waals surface area contributed by atoms with Crippen LogP contribution in [0.2, 0.25) is 0 Å². The van der Waals surface area contributed by atoms with Gasteiger partial charge in [-0.25, -0.2) is 9.07 Å². The van der Waals surface area contributed by atoms with E-state index in [0.29, 0.717) is 17.9 Å². The number of rotatable bonds is 5. The number of carbonyl (C=O) groups is 1. The number of hydrogen-bond acceptors (Lipinski definition) is 3. The van der Waals surface area contributed by atoms with E-state index in [2.05, 4.69) is 10.4 Å². The molecule has 25 heavy (non-hydrogen) atoms. The Kier molecular flexibility index (Phi) is 3.87. The molecule has 2 aliphatic rings. The number of fused-ring (bicyclic) bond motifs is 1. The number of nitrogens with one attached hydrogen (secondary N) is 1. The molecular formula is C19H22FN3O2. The lowest BCUT2D eigenvalue weighted by molar-refractivity contribution is 0.0929. The van der Waals surface area contributed by atoms with Crippen molar-refractivity contribution in [3.63, 3.8) is 0 Å². The van der Waals surface area contributed by atoms with Crippen molar-refractivity contribution in [2.75, 3.05) is 13.2 Å². The van der Waals surface area contributed by atoms with Gasteiger partial charge in [0.25, 0.3) is 5.91 Å². The highest BCUT2D eigenvalue weighted by molar-refractivity contribution is 5.94. The number of aryl methyl sites for hydroxylation is 1. The van der Waals surface area contributed by atoms with E-state index in [4.69, 9.17) is 0 Å². The third-order valence-corrected chi connectivity index (χ3v) is 5.39. The molecule has 1 saturated carbocycles. The molecule has 5 nitrogen and oxygen atoms in total. The van der Waals surface area contributed by atoms with Crippen molar-refractivity contribution in [2.45, 2.75) is 39.0 Å². The van der Waals surface area contributed by atoms with Crippen molar-refractivity contribution in [1.29, 1.82) is 0 Å². The summed E-state index contributed by atoms with van der Waals surface area (Å²) in [6.07, 6.45) is 4.40. The molecule has 2 aromatic rings. The molecule has 132 valence electrons. The van der Waals surface area contributed by atoms with E-state index in [1.165, 1.54) is 6.07 Å². The van der Waals surface area contributed by atoms with Crippen LogP contribution in [0.1, 0.15) is 46.6 Å².